The number of aromatic nitrogens is 1. The molecule has 0 aliphatic heterocycles. The summed E-state index contributed by atoms with van der Waals surface area (Å²) in [6.07, 6.45) is 0. The molecule has 9 heteroatoms. The van der Waals surface area contributed by atoms with Crippen LogP contribution in [0, 0.1) is 17.0 Å². The summed E-state index contributed by atoms with van der Waals surface area (Å²) in [4.78, 5) is 26.8. The number of amides is 1. The molecule has 1 heterocycles. The summed E-state index contributed by atoms with van der Waals surface area (Å²) in [6.45, 7) is 1.38. The second-order valence-electron chi connectivity index (χ2n) is 5.59. The number of rotatable bonds is 6. The van der Waals surface area contributed by atoms with Crippen molar-refractivity contribution in [1.29, 1.82) is 0 Å². The van der Waals surface area contributed by atoms with Crippen LogP contribution in [0.25, 0.3) is 11.3 Å². The van der Waals surface area contributed by atoms with E-state index < -0.39 is 4.92 Å². The quantitative estimate of drug-likeness (QED) is 0.475. The lowest BCUT2D eigenvalue weighted by molar-refractivity contribution is -0.385. The maximum Gasteiger partial charge on any atom is 0.272 e. The van der Waals surface area contributed by atoms with Crippen molar-refractivity contribution in [2.75, 3.05) is 11.9 Å². The van der Waals surface area contributed by atoms with E-state index in [1.165, 1.54) is 29.5 Å². The van der Waals surface area contributed by atoms with E-state index in [9.17, 15) is 14.9 Å². The predicted octanol–water partition coefficient (Wildman–Crippen LogP) is 4.70. The molecule has 0 atom stereocenters. The third-order valence-electron chi connectivity index (χ3n) is 3.63. The molecular weight excluding hydrogens is 390 g/mol. The van der Waals surface area contributed by atoms with Gasteiger partial charge in [-0.15, -0.1) is 11.3 Å². The zero-order chi connectivity index (χ0) is 19.4. The maximum atomic E-state index is 12.0. The van der Waals surface area contributed by atoms with Gasteiger partial charge in [0.1, 0.15) is 5.75 Å². The van der Waals surface area contributed by atoms with E-state index >= 15 is 0 Å². The first-order valence-corrected chi connectivity index (χ1v) is 9.07. The molecule has 0 bridgehead atoms. The number of carbonyl (C=O) groups is 1. The first kappa shape index (κ1) is 18.8. The van der Waals surface area contributed by atoms with Gasteiger partial charge in [0, 0.05) is 27.6 Å². The van der Waals surface area contributed by atoms with E-state index in [0.29, 0.717) is 21.5 Å². The summed E-state index contributed by atoms with van der Waals surface area (Å²) in [6, 6.07) is 11.6. The Labute approximate surface area is 163 Å². The van der Waals surface area contributed by atoms with Gasteiger partial charge in [-0.1, -0.05) is 23.7 Å². The van der Waals surface area contributed by atoms with Crippen LogP contribution in [0.15, 0.2) is 47.8 Å². The number of thiazole rings is 1. The number of hydrogen-bond donors (Lipinski definition) is 1. The molecule has 0 saturated carbocycles. The van der Waals surface area contributed by atoms with Crippen molar-refractivity contribution in [2.45, 2.75) is 6.92 Å². The van der Waals surface area contributed by atoms with E-state index in [4.69, 9.17) is 16.3 Å². The number of benzene rings is 2. The minimum Gasteiger partial charge on any atom is -0.484 e. The lowest BCUT2D eigenvalue weighted by Crippen LogP contribution is -2.20. The molecule has 0 spiro atoms. The molecule has 1 N–H and O–H groups in total. The monoisotopic (exact) mass is 403 g/mol. The van der Waals surface area contributed by atoms with Crippen molar-refractivity contribution in [3.05, 3.63) is 68.5 Å². The molecule has 3 aromatic rings. The Hall–Kier alpha value is -2.97. The highest BCUT2D eigenvalue weighted by molar-refractivity contribution is 7.14. The normalized spacial score (nSPS) is 10.4. The van der Waals surface area contributed by atoms with E-state index in [1.54, 1.807) is 19.1 Å². The Bertz CT molecular complexity index is 989. The van der Waals surface area contributed by atoms with Crippen LogP contribution in [-0.4, -0.2) is 22.4 Å². The summed E-state index contributed by atoms with van der Waals surface area (Å²) in [5.41, 5.74) is 2.10. The molecule has 138 valence electrons. The standard InChI is InChI=1S/C18H14ClN3O4S/c1-11-8-14(6-7-16(11)22(24)25)26-9-17(23)21-18-20-15(10-27-18)12-2-4-13(19)5-3-12/h2-8,10H,9H2,1H3,(H,20,21,23). The molecule has 0 fully saturated rings. The van der Waals surface area contributed by atoms with E-state index in [-0.39, 0.29) is 18.2 Å². The summed E-state index contributed by atoms with van der Waals surface area (Å²) in [7, 11) is 0. The van der Waals surface area contributed by atoms with Gasteiger partial charge in [0.15, 0.2) is 11.7 Å². The Balaban J connectivity index is 1.58. The first-order chi connectivity index (χ1) is 12.9. The van der Waals surface area contributed by atoms with Crippen molar-refractivity contribution in [2.24, 2.45) is 0 Å². The molecule has 0 unspecified atom stereocenters. The molecule has 0 aliphatic rings. The van der Waals surface area contributed by atoms with Crippen molar-refractivity contribution < 1.29 is 14.5 Å². The van der Waals surface area contributed by atoms with Crippen molar-refractivity contribution in [1.82, 2.24) is 4.98 Å². The Morgan fingerprint density at radius 3 is 2.70 bits per heavy atom. The van der Waals surface area contributed by atoms with Gasteiger partial charge >= 0.3 is 0 Å². The summed E-state index contributed by atoms with van der Waals surface area (Å²) >= 11 is 7.17. The second-order valence-corrected chi connectivity index (χ2v) is 6.88. The molecule has 0 saturated heterocycles. The van der Waals surface area contributed by atoms with Crippen LogP contribution < -0.4 is 10.1 Å². The smallest absolute Gasteiger partial charge is 0.272 e. The van der Waals surface area contributed by atoms with Crippen molar-refractivity contribution in [3.63, 3.8) is 0 Å². The van der Waals surface area contributed by atoms with Crippen LogP contribution >= 0.6 is 22.9 Å². The van der Waals surface area contributed by atoms with E-state index in [2.05, 4.69) is 10.3 Å². The fourth-order valence-corrected chi connectivity index (χ4v) is 3.17. The second kappa shape index (κ2) is 8.15. The van der Waals surface area contributed by atoms with E-state index in [0.717, 1.165) is 11.3 Å². The average Bonchev–Trinajstić information content (AvgIpc) is 3.08. The first-order valence-electron chi connectivity index (χ1n) is 7.81. The molecule has 1 aromatic heterocycles. The van der Waals surface area contributed by atoms with Gasteiger partial charge in [-0.25, -0.2) is 4.98 Å². The highest BCUT2D eigenvalue weighted by Gasteiger charge is 2.12. The number of nitro groups is 1. The van der Waals surface area contributed by atoms with Gasteiger partial charge in [0.25, 0.3) is 11.6 Å². The zero-order valence-electron chi connectivity index (χ0n) is 14.1. The number of ether oxygens (including phenoxy) is 1. The summed E-state index contributed by atoms with van der Waals surface area (Å²) in [5.74, 6) is 0.0113. The SMILES string of the molecule is Cc1cc(OCC(=O)Nc2nc(-c3ccc(Cl)cc3)cs2)ccc1[N+](=O)[O-]. The van der Waals surface area contributed by atoms with Crippen molar-refractivity contribution in [3.8, 4) is 17.0 Å². The molecule has 3 rings (SSSR count). The van der Waals surface area contributed by atoms with Gasteiger partial charge < -0.3 is 4.74 Å². The van der Waals surface area contributed by atoms with E-state index in [1.807, 2.05) is 17.5 Å². The average molecular weight is 404 g/mol. The Kier molecular flexibility index (Phi) is 5.68. The minimum atomic E-state index is -0.466. The van der Waals surface area contributed by atoms with Crippen molar-refractivity contribution >= 4 is 39.7 Å². The highest BCUT2D eigenvalue weighted by Crippen LogP contribution is 2.26. The molecule has 1 amide bonds. The molecule has 0 aliphatic carbocycles. The zero-order valence-corrected chi connectivity index (χ0v) is 15.7. The van der Waals surface area contributed by atoms with Gasteiger partial charge in [-0.3, -0.25) is 20.2 Å². The third-order valence-corrected chi connectivity index (χ3v) is 4.64. The predicted molar refractivity (Wildman–Crippen MR) is 105 cm³/mol. The topological polar surface area (TPSA) is 94.4 Å². The highest BCUT2D eigenvalue weighted by atomic mass is 35.5. The maximum absolute atomic E-state index is 12.0. The molecular formula is C18H14ClN3O4S. The van der Waals surface area contributed by atoms with Gasteiger partial charge in [-0.2, -0.15) is 0 Å². The fraction of sp³-hybridized carbons (Fsp3) is 0.111. The number of carbonyl (C=O) groups excluding carboxylic acids is 1. The largest absolute Gasteiger partial charge is 0.484 e. The summed E-state index contributed by atoms with van der Waals surface area (Å²) < 4.78 is 5.39. The van der Waals surface area contributed by atoms with Gasteiger partial charge in [0.05, 0.1) is 10.6 Å². The van der Waals surface area contributed by atoms with Crippen LogP contribution in [0.2, 0.25) is 5.02 Å². The van der Waals surface area contributed by atoms with Crippen LogP contribution in [0.5, 0.6) is 5.75 Å². The van der Waals surface area contributed by atoms with Crippen LogP contribution in [0.4, 0.5) is 10.8 Å². The third kappa shape index (κ3) is 4.81. The minimum absolute atomic E-state index is 0.00400. The van der Waals surface area contributed by atoms with Crippen LogP contribution in [0.1, 0.15) is 5.56 Å². The number of halogens is 1. The molecule has 27 heavy (non-hydrogen) atoms. The van der Waals surface area contributed by atoms with Crippen LogP contribution in [0.3, 0.4) is 0 Å². The van der Waals surface area contributed by atoms with Gasteiger partial charge in [-0.05, 0) is 31.2 Å². The number of hydrogen-bond acceptors (Lipinski definition) is 6. The number of nitro benzene ring substituents is 1. The number of nitrogens with one attached hydrogen (secondary N) is 1. The van der Waals surface area contributed by atoms with Crippen LogP contribution in [-0.2, 0) is 4.79 Å². The number of nitrogens with zero attached hydrogens (tertiary/aromatic N) is 2. The number of anilines is 1. The molecule has 0 radical (unpaired) electrons. The molecule has 2 aromatic carbocycles. The summed E-state index contributed by atoms with van der Waals surface area (Å²) in [5, 5.41) is 16.4. The molecule has 7 nitrogen and oxygen atoms in total. The van der Waals surface area contributed by atoms with Gasteiger partial charge in [0.2, 0.25) is 0 Å². The fourth-order valence-electron chi connectivity index (χ4n) is 2.31. The lowest BCUT2D eigenvalue weighted by atomic mass is 10.2. The Morgan fingerprint density at radius 1 is 1.30 bits per heavy atom. The Morgan fingerprint density at radius 2 is 2.04 bits per heavy atom. The number of aryl methyl sites for hydroxylation is 1. The lowest BCUT2D eigenvalue weighted by Gasteiger charge is -2.06.